The van der Waals surface area contributed by atoms with Crippen molar-refractivity contribution in [2.45, 2.75) is 53.4 Å². The van der Waals surface area contributed by atoms with E-state index in [4.69, 9.17) is 8.85 Å². The van der Waals surface area contributed by atoms with Crippen LogP contribution in [0.1, 0.15) is 50.7 Å². The molecule has 2 nitrogen and oxygen atoms in total. The van der Waals surface area contributed by atoms with Crippen LogP contribution in [0.5, 0.6) is 0 Å². The highest BCUT2D eigenvalue weighted by Gasteiger charge is 2.42. The van der Waals surface area contributed by atoms with Crippen LogP contribution in [-0.2, 0) is 8.85 Å². The van der Waals surface area contributed by atoms with Gasteiger partial charge in [0.25, 0.3) is 0 Å². The summed E-state index contributed by atoms with van der Waals surface area (Å²) in [6.45, 7) is 10.1. The van der Waals surface area contributed by atoms with E-state index >= 15 is 0 Å². The van der Waals surface area contributed by atoms with Gasteiger partial charge in [-0.05, 0) is 37.1 Å². The van der Waals surface area contributed by atoms with Crippen LogP contribution in [0.25, 0.3) is 0 Å². The maximum Gasteiger partial charge on any atom is 0.407 e. The number of aryl methyl sites for hydroxylation is 2. The largest absolute Gasteiger partial charge is 0.407 e. The summed E-state index contributed by atoms with van der Waals surface area (Å²) >= 11 is 0. The topological polar surface area (TPSA) is 18.5 Å². The Morgan fingerprint density at radius 2 is 1.00 bits per heavy atom. The minimum absolute atomic E-state index is 0.747. The molecule has 0 heterocycles. The van der Waals surface area contributed by atoms with E-state index < -0.39 is 8.56 Å². The van der Waals surface area contributed by atoms with E-state index in [0.29, 0.717) is 0 Å². The molecule has 2 aromatic carbocycles. The van der Waals surface area contributed by atoms with Gasteiger partial charge in [-0.2, -0.15) is 0 Å². The number of hydrogen-bond acceptors (Lipinski definition) is 2. The summed E-state index contributed by atoms with van der Waals surface area (Å²) in [5.74, 6) is 0. The first-order chi connectivity index (χ1) is 12.1. The second-order valence-electron chi connectivity index (χ2n) is 6.75. The molecule has 0 aliphatic rings. The zero-order chi connectivity index (χ0) is 18.1. The predicted molar refractivity (Wildman–Crippen MR) is 109 cm³/mol. The zero-order valence-electron chi connectivity index (χ0n) is 16.2. The summed E-state index contributed by atoms with van der Waals surface area (Å²) in [6.07, 6.45) is 4.37. The van der Waals surface area contributed by atoms with Crippen molar-refractivity contribution in [2.24, 2.45) is 0 Å². The van der Waals surface area contributed by atoms with Crippen molar-refractivity contribution in [3.05, 3.63) is 59.7 Å². The molecular formula is C22H32O2Si. The lowest BCUT2D eigenvalue weighted by Gasteiger charge is -2.32. The summed E-state index contributed by atoms with van der Waals surface area (Å²) in [7, 11) is -2.67. The molecule has 0 aliphatic carbocycles. The van der Waals surface area contributed by atoms with Gasteiger partial charge in [-0.15, -0.1) is 0 Å². The fourth-order valence-corrected chi connectivity index (χ4v) is 5.97. The number of benzene rings is 2. The summed E-state index contributed by atoms with van der Waals surface area (Å²) in [4.78, 5) is 0. The van der Waals surface area contributed by atoms with Crippen LogP contribution in [0.2, 0.25) is 0 Å². The molecule has 0 aromatic heterocycles. The van der Waals surface area contributed by atoms with Crippen LogP contribution < -0.4 is 10.4 Å². The van der Waals surface area contributed by atoms with Gasteiger partial charge >= 0.3 is 8.56 Å². The van der Waals surface area contributed by atoms with Crippen LogP contribution in [0.4, 0.5) is 0 Å². The van der Waals surface area contributed by atoms with Gasteiger partial charge in [-0.25, -0.2) is 0 Å². The molecule has 0 amide bonds. The van der Waals surface area contributed by atoms with Crippen molar-refractivity contribution >= 4 is 18.9 Å². The van der Waals surface area contributed by atoms with Gasteiger partial charge in [0.15, 0.2) is 0 Å². The van der Waals surface area contributed by atoms with E-state index in [2.05, 4.69) is 76.2 Å². The molecule has 0 N–H and O–H groups in total. The average molecular weight is 357 g/mol. The molecule has 0 saturated carbocycles. The van der Waals surface area contributed by atoms with Crippen molar-refractivity contribution in [3.63, 3.8) is 0 Å². The first-order valence-corrected chi connectivity index (χ1v) is 11.4. The predicted octanol–water partition coefficient (Wildman–Crippen LogP) is 4.49. The summed E-state index contributed by atoms with van der Waals surface area (Å²) in [6, 6.07) is 17.4. The fourth-order valence-electron chi connectivity index (χ4n) is 2.81. The molecule has 25 heavy (non-hydrogen) atoms. The Morgan fingerprint density at radius 3 is 1.32 bits per heavy atom. The molecule has 0 spiro atoms. The lowest BCUT2D eigenvalue weighted by atomic mass is 10.2. The summed E-state index contributed by atoms with van der Waals surface area (Å²) in [5, 5.41) is 2.41. The van der Waals surface area contributed by atoms with E-state index in [1.165, 1.54) is 21.5 Å². The lowest BCUT2D eigenvalue weighted by molar-refractivity contribution is 0.186. The van der Waals surface area contributed by atoms with Crippen LogP contribution in [0, 0.1) is 13.8 Å². The van der Waals surface area contributed by atoms with Gasteiger partial charge in [0, 0.05) is 13.2 Å². The molecule has 3 heteroatoms. The Labute approximate surface area is 154 Å². The van der Waals surface area contributed by atoms with Crippen molar-refractivity contribution in [2.75, 3.05) is 13.2 Å². The molecular weight excluding hydrogens is 324 g/mol. The minimum Gasteiger partial charge on any atom is -0.388 e. The van der Waals surface area contributed by atoms with Gasteiger partial charge < -0.3 is 8.85 Å². The van der Waals surface area contributed by atoms with Gasteiger partial charge in [0.05, 0.1) is 0 Å². The lowest BCUT2D eigenvalue weighted by Crippen LogP contribution is -2.63. The summed E-state index contributed by atoms with van der Waals surface area (Å²) < 4.78 is 13.2. The Balaban J connectivity index is 2.46. The third-order valence-corrected chi connectivity index (χ3v) is 7.88. The van der Waals surface area contributed by atoms with Crippen molar-refractivity contribution in [1.29, 1.82) is 0 Å². The highest BCUT2D eigenvalue weighted by molar-refractivity contribution is 6.92. The Hall–Kier alpha value is -1.42. The van der Waals surface area contributed by atoms with E-state index in [0.717, 1.165) is 38.9 Å². The molecule has 0 bridgehead atoms. The third kappa shape index (κ3) is 5.27. The van der Waals surface area contributed by atoms with Gasteiger partial charge in [0.2, 0.25) is 0 Å². The molecule has 2 rings (SSSR count). The quantitative estimate of drug-likeness (QED) is 0.461. The average Bonchev–Trinajstić information content (AvgIpc) is 2.62. The van der Waals surface area contributed by atoms with Crippen LogP contribution in [0.15, 0.2) is 48.5 Å². The second kappa shape index (κ2) is 9.90. The number of rotatable bonds is 10. The first-order valence-electron chi connectivity index (χ1n) is 9.54. The minimum atomic E-state index is -2.67. The SMILES string of the molecule is CCCCO[Si](OCCCC)(c1ccc(C)cc1)c1ccc(C)cc1. The molecule has 2 aromatic rings. The highest BCUT2D eigenvalue weighted by Crippen LogP contribution is 2.13. The maximum atomic E-state index is 6.59. The normalized spacial score (nSPS) is 11.7. The smallest absolute Gasteiger partial charge is 0.388 e. The van der Waals surface area contributed by atoms with Crippen LogP contribution >= 0.6 is 0 Å². The van der Waals surface area contributed by atoms with E-state index in [1.807, 2.05) is 0 Å². The molecule has 0 aliphatic heterocycles. The third-order valence-electron chi connectivity index (χ3n) is 4.47. The molecule has 0 radical (unpaired) electrons. The standard InChI is InChI=1S/C22H32O2Si/c1-5-7-17-23-25(24-18-8-6-2,21-13-9-19(3)10-14-21)22-15-11-20(4)12-16-22/h9-16H,5-8,17-18H2,1-4H3. The fraction of sp³-hybridized carbons (Fsp3) is 0.455. The second-order valence-corrected chi connectivity index (χ2v) is 9.72. The molecule has 0 saturated heterocycles. The zero-order valence-corrected chi connectivity index (χ0v) is 17.2. The highest BCUT2D eigenvalue weighted by atomic mass is 28.4. The maximum absolute atomic E-state index is 6.59. The van der Waals surface area contributed by atoms with Gasteiger partial charge in [-0.1, -0.05) is 86.3 Å². The Morgan fingerprint density at radius 1 is 0.640 bits per heavy atom. The van der Waals surface area contributed by atoms with Crippen LogP contribution in [-0.4, -0.2) is 21.8 Å². The molecule has 136 valence electrons. The monoisotopic (exact) mass is 356 g/mol. The van der Waals surface area contributed by atoms with Crippen molar-refractivity contribution < 1.29 is 8.85 Å². The molecule has 0 atom stereocenters. The molecule has 0 fully saturated rings. The van der Waals surface area contributed by atoms with Gasteiger partial charge in [0.1, 0.15) is 0 Å². The molecule has 0 unspecified atom stereocenters. The Kier molecular flexibility index (Phi) is 7.88. The Bertz CT molecular complexity index is 562. The van der Waals surface area contributed by atoms with E-state index in [9.17, 15) is 0 Å². The van der Waals surface area contributed by atoms with Crippen molar-refractivity contribution in [1.82, 2.24) is 0 Å². The van der Waals surface area contributed by atoms with Crippen molar-refractivity contribution in [3.8, 4) is 0 Å². The summed E-state index contributed by atoms with van der Waals surface area (Å²) in [5.41, 5.74) is 2.52. The first kappa shape index (κ1) is 19.9. The van der Waals surface area contributed by atoms with E-state index in [1.54, 1.807) is 0 Å². The van der Waals surface area contributed by atoms with Gasteiger partial charge in [-0.3, -0.25) is 0 Å². The number of hydrogen-bond donors (Lipinski definition) is 0. The van der Waals surface area contributed by atoms with Crippen LogP contribution in [0.3, 0.4) is 0 Å². The number of unbranched alkanes of at least 4 members (excludes halogenated alkanes) is 2. The van der Waals surface area contributed by atoms with E-state index in [-0.39, 0.29) is 0 Å².